The van der Waals surface area contributed by atoms with Crippen molar-refractivity contribution < 1.29 is 13.2 Å². The maximum absolute atomic E-state index is 11.2. The Morgan fingerprint density at radius 2 is 1.87 bits per heavy atom. The van der Waals surface area contributed by atoms with Crippen molar-refractivity contribution in [1.82, 2.24) is 0 Å². The van der Waals surface area contributed by atoms with Crippen molar-refractivity contribution in [2.24, 2.45) is 10.2 Å². The van der Waals surface area contributed by atoms with E-state index >= 15 is 0 Å². The molecular weight excluding hydrogens is 450 g/mol. The maximum atomic E-state index is 11.2. The van der Waals surface area contributed by atoms with Crippen LogP contribution in [0.4, 0.5) is 5.69 Å². The number of nitrogens with two attached hydrogens (primary N) is 1. The molecule has 0 radical (unpaired) electrons. The lowest BCUT2D eigenvalue weighted by molar-refractivity contribution is 0.411. The highest BCUT2D eigenvalue weighted by Crippen LogP contribution is 2.31. The number of anilines is 1. The van der Waals surface area contributed by atoms with Crippen molar-refractivity contribution in [3.8, 4) is 5.75 Å². The van der Waals surface area contributed by atoms with Crippen LogP contribution in [0.15, 0.2) is 55.3 Å². The summed E-state index contributed by atoms with van der Waals surface area (Å²) in [7, 11) is -2.12. The van der Waals surface area contributed by atoms with E-state index in [9.17, 15) is 8.42 Å². The molecule has 0 fully saturated rings. The van der Waals surface area contributed by atoms with Gasteiger partial charge in [-0.2, -0.15) is 5.10 Å². The van der Waals surface area contributed by atoms with E-state index in [0.29, 0.717) is 11.4 Å². The molecule has 23 heavy (non-hydrogen) atoms. The Morgan fingerprint density at radius 1 is 1.22 bits per heavy atom. The standard InChI is InChI=1S/C14H13Br2N3O3S/c1-22-14-9(6-10(15)7-13(14)16)8-18-19-11-2-4-12(5-3-11)23(17,20)21/h2-8,19H,1H3,(H2,17,20,21). The van der Waals surface area contributed by atoms with Crippen LogP contribution in [0.5, 0.6) is 5.75 Å². The molecule has 0 unspecified atom stereocenters. The number of ether oxygens (including phenoxy) is 1. The molecule has 0 atom stereocenters. The SMILES string of the molecule is COc1c(Br)cc(Br)cc1C=NNc1ccc(S(N)(=O)=O)cc1. The zero-order chi connectivity index (χ0) is 17.0. The number of hydrazone groups is 1. The lowest BCUT2D eigenvalue weighted by Crippen LogP contribution is -2.11. The third-order valence-corrected chi connectivity index (χ3v) is 4.80. The molecule has 0 heterocycles. The van der Waals surface area contributed by atoms with Crippen LogP contribution < -0.4 is 15.3 Å². The third-order valence-electron chi connectivity index (χ3n) is 2.82. The van der Waals surface area contributed by atoms with Crippen LogP contribution in [0.1, 0.15) is 5.56 Å². The Balaban J connectivity index is 2.16. The fraction of sp³-hybridized carbons (Fsp3) is 0.0714. The molecule has 2 aromatic carbocycles. The quantitative estimate of drug-likeness (QED) is 0.526. The summed E-state index contributed by atoms with van der Waals surface area (Å²) >= 11 is 6.82. The highest BCUT2D eigenvalue weighted by atomic mass is 79.9. The van der Waals surface area contributed by atoms with Gasteiger partial charge in [-0.3, -0.25) is 5.43 Å². The molecule has 0 amide bonds. The lowest BCUT2D eigenvalue weighted by atomic mass is 10.2. The Morgan fingerprint density at radius 3 is 2.43 bits per heavy atom. The van der Waals surface area contributed by atoms with Crippen LogP contribution in [0, 0.1) is 0 Å². The summed E-state index contributed by atoms with van der Waals surface area (Å²) in [5.41, 5.74) is 4.20. The first-order chi connectivity index (χ1) is 10.8. The van der Waals surface area contributed by atoms with E-state index < -0.39 is 10.0 Å². The Labute approximate surface area is 151 Å². The number of sulfonamides is 1. The Bertz CT molecular complexity index is 837. The van der Waals surface area contributed by atoms with Gasteiger partial charge in [0.25, 0.3) is 0 Å². The van der Waals surface area contributed by atoms with Gasteiger partial charge in [0.1, 0.15) is 5.75 Å². The predicted molar refractivity (Wildman–Crippen MR) is 97.4 cm³/mol. The Kier molecular flexibility index (Phi) is 5.79. The molecular formula is C14H13Br2N3O3S. The van der Waals surface area contributed by atoms with E-state index in [1.54, 1.807) is 25.5 Å². The van der Waals surface area contributed by atoms with Crippen molar-refractivity contribution >= 4 is 53.8 Å². The molecule has 6 nitrogen and oxygen atoms in total. The molecule has 122 valence electrons. The minimum absolute atomic E-state index is 0.0459. The second kappa shape index (κ2) is 7.43. The average molecular weight is 463 g/mol. The summed E-state index contributed by atoms with van der Waals surface area (Å²) in [6, 6.07) is 9.69. The van der Waals surface area contributed by atoms with E-state index in [0.717, 1.165) is 14.5 Å². The molecule has 0 saturated heterocycles. The van der Waals surface area contributed by atoms with Crippen molar-refractivity contribution in [1.29, 1.82) is 0 Å². The molecule has 2 rings (SSSR count). The van der Waals surface area contributed by atoms with Crippen LogP contribution in [-0.2, 0) is 10.0 Å². The highest BCUT2D eigenvalue weighted by molar-refractivity contribution is 9.11. The first-order valence-corrected chi connectivity index (χ1v) is 9.39. The summed E-state index contributed by atoms with van der Waals surface area (Å²) in [6.07, 6.45) is 1.60. The van der Waals surface area contributed by atoms with Gasteiger partial charge in [-0.25, -0.2) is 13.6 Å². The van der Waals surface area contributed by atoms with Crippen LogP contribution >= 0.6 is 31.9 Å². The number of rotatable bonds is 5. The van der Waals surface area contributed by atoms with Gasteiger partial charge in [0.2, 0.25) is 10.0 Å². The lowest BCUT2D eigenvalue weighted by Gasteiger charge is -2.08. The summed E-state index contributed by atoms with van der Waals surface area (Å²) in [5, 5.41) is 9.16. The van der Waals surface area contributed by atoms with E-state index in [-0.39, 0.29) is 4.90 Å². The number of halogens is 2. The van der Waals surface area contributed by atoms with Crippen molar-refractivity contribution in [2.45, 2.75) is 4.90 Å². The monoisotopic (exact) mass is 461 g/mol. The largest absolute Gasteiger partial charge is 0.495 e. The summed E-state index contributed by atoms with van der Waals surface area (Å²) in [5.74, 6) is 0.656. The molecule has 9 heteroatoms. The Hall–Kier alpha value is -1.42. The van der Waals surface area contributed by atoms with Crippen LogP contribution in [0.3, 0.4) is 0 Å². The van der Waals surface area contributed by atoms with Gasteiger partial charge < -0.3 is 4.74 Å². The van der Waals surface area contributed by atoms with Crippen LogP contribution in [0.2, 0.25) is 0 Å². The van der Waals surface area contributed by atoms with E-state index in [1.807, 2.05) is 12.1 Å². The number of methoxy groups -OCH3 is 1. The summed E-state index contributed by atoms with van der Waals surface area (Å²) in [4.78, 5) is 0.0459. The smallest absolute Gasteiger partial charge is 0.238 e. The van der Waals surface area contributed by atoms with Crippen LogP contribution in [0.25, 0.3) is 0 Å². The molecule has 0 saturated carbocycles. The first-order valence-electron chi connectivity index (χ1n) is 6.26. The molecule has 0 aromatic heterocycles. The third kappa shape index (κ3) is 4.77. The van der Waals surface area contributed by atoms with Gasteiger partial charge in [0.05, 0.1) is 28.4 Å². The number of hydrogen-bond donors (Lipinski definition) is 2. The molecule has 0 bridgehead atoms. The fourth-order valence-corrected chi connectivity index (χ4v) is 3.72. The van der Waals surface area contributed by atoms with Gasteiger partial charge in [-0.05, 0) is 52.3 Å². The van der Waals surface area contributed by atoms with E-state index in [2.05, 4.69) is 42.4 Å². The minimum atomic E-state index is -3.69. The molecule has 3 N–H and O–H groups in total. The zero-order valence-corrected chi connectivity index (χ0v) is 15.9. The van der Waals surface area contributed by atoms with Gasteiger partial charge >= 0.3 is 0 Å². The van der Waals surface area contributed by atoms with E-state index in [1.165, 1.54) is 12.1 Å². The summed E-state index contributed by atoms with van der Waals surface area (Å²) in [6.45, 7) is 0. The fourth-order valence-electron chi connectivity index (χ4n) is 1.79. The van der Waals surface area contributed by atoms with Gasteiger partial charge in [0, 0.05) is 10.0 Å². The first kappa shape index (κ1) is 17.9. The predicted octanol–water partition coefficient (Wildman–Crippen LogP) is 3.31. The van der Waals surface area contributed by atoms with Gasteiger partial charge in [-0.1, -0.05) is 15.9 Å². The number of nitrogens with zero attached hydrogens (tertiary/aromatic N) is 1. The number of benzene rings is 2. The normalized spacial score (nSPS) is 11.7. The number of nitrogens with one attached hydrogen (secondary N) is 1. The van der Waals surface area contributed by atoms with Crippen molar-refractivity contribution in [2.75, 3.05) is 12.5 Å². The van der Waals surface area contributed by atoms with Crippen LogP contribution in [-0.4, -0.2) is 21.7 Å². The van der Waals surface area contributed by atoms with Crippen molar-refractivity contribution in [3.63, 3.8) is 0 Å². The molecule has 0 aliphatic rings. The molecule has 0 spiro atoms. The van der Waals surface area contributed by atoms with Gasteiger partial charge in [0.15, 0.2) is 0 Å². The second-order valence-electron chi connectivity index (χ2n) is 4.45. The van der Waals surface area contributed by atoms with Gasteiger partial charge in [-0.15, -0.1) is 0 Å². The second-order valence-corrected chi connectivity index (χ2v) is 7.78. The topological polar surface area (TPSA) is 93.8 Å². The minimum Gasteiger partial charge on any atom is -0.495 e. The van der Waals surface area contributed by atoms with E-state index in [4.69, 9.17) is 9.88 Å². The molecule has 0 aliphatic heterocycles. The zero-order valence-electron chi connectivity index (χ0n) is 12.0. The summed E-state index contributed by atoms with van der Waals surface area (Å²) < 4.78 is 29.4. The maximum Gasteiger partial charge on any atom is 0.238 e. The highest BCUT2D eigenvalue weighted by Gasteiger charge is 2.08. The number of primary sulfonamides is 1. The van der Waals surface area contributed by atoms with Crippen molar-refractivity contribution in [3.05, 3.63) is 50.9 Å². The molecule has 2 aromatic rings. The molecule has 0 aliphatic carbocycles. The number of hydrogen-bond acceptors (Lipinski definition) is 5. The average Bonchev–Trinajstić information content (AvgIpc) is 2.46.